The van der Waals surface area contributed by atoms with Crippen LogP contribution in [-0.2, 0) is 9.53 Å². The van der Waals surface area contributed by atoms with E-state index in [1.807, 2.05) is 6.92 Å². The molecule has 1 saturated heterocycles. The fourth-order valence-electron chi connectivity index (χ4n) is 5.20. The summed E-state index contributed by atoms with van der Waals surface area (Å²) in [5.74, 6) is -3.20. The third-order valence-electron chi connectivity index (χ3n) is 7.14. The van der Waals surface area contributed by atoms with Crippen LogP contribution in [-0.4, -0.2) is 52.8 Å². The Morgan fingerprint density at radius 1 is 1.29 bits per heavy atom. The second-order valence-corrected chi connectivity index (χ2v) is 9.58. The summed E-state index contributed by atoms with van der Waals surface area (Å²) in [4.78, 5) is 11.4. The highest BCUT2D eigenvalue weighted by molar-refractivity contribution is 5.69. The van der Waals surface area contributed by atoms with Crippen LogP contribution >= 0.6 is 0 Å². The van der Waals surface area contributed by atoms with Gasteiger partial charge in [0, 0.05) is 18.9 Å². The number of carboxylic acids is 1. The van der Waals surface area contributed by atoms with E-state index in [1.54, 1.807) is 6.08 Å². The molecule has 7 atom stereocenters. The molecule has 1 aromatic carbocycles. The highest BCUT2D eigenvalue weighted by Crippen LogP contribution is 2.42. The number of carboxylic acid groups (broad SMARTS) is 1. The van der Waals surface area contributed by atoms with Crippen LogP contribution in [0, 0.1) is 35.3 Å². The predicted octanol–water partition coefficient (Wildman–Crippen LogP) is 4.33. The number of ether oxygens (including phenoxy) is 2. The molecule has 190 valence electrons. The van der Waals surface area contributed by atoms with E-state index in [0.717, 1.165) is 31.7 Å². The molecular formula is C26H36F2O6. The number of fused-ring (bicyclic) bond motifs is 1. The van der Waals surface area contributed by atoms with Gasteiger partial charge in [-0.2, -0.15) is 4.39 Å². The van der Waals surface area contributed by atoms with E-state index in [1.165, 1.54) is 18.2 Å². The molecule has 3 N–H and O–H groups in total. The maximum absolute atomic E-state index is 13.7. The summed E-state index contributed by atoms with van der Waals surface area (Å²) < 4.78 is 38.3. The molecule has 2 fully saturated rings. The lowest BCUT2D eigenvalue weighted by molar-refractivity contribution is -0.142. The Morgan fingerprint density at radius 3 is 2.82 bits per heavy atom. The van der Waals surface area contributed by atoms with Gasteiger partial charge in [0.1, 0.15) is 12.7 Å². The molecule has 1 unspecified atom stereocenters. The van der Waals surface area contributed by atoms with E-state index < -0.39 is 29.8 Å². The van der Waals surface area contributed by atoms with E-state index in [-0.39, 0.29) is 36.2 Å². The number of hydrogen-bond acceptors (Lipinski definition) is 5. The van der Waals surface area contributed by atoms with Gasteiger partial charge in [-0.15, -0.1) is 0 Å². The zero-order valence-corrected chi connectivity index (χ0v) is 19.6. The Balaban J connectivity index is 1.51. The second kappa shape index (κ2) is 12.6. The minimum Gasteiger partial charge on any atom is -0.487 e. The lowest BCUT2D eigenvalue weighted by atomic mass is 9.85. The zero-order valence-electron chi connectivity index (χ0n) is 19.6. The van der Waals surface area contributed by atoms with Gasteiger partial charge in [0.2, 0.25) is 5.82 Å². The molecule has 1 aliphatic carbocycles. The highest BCUT2D eigenvalue weighted by atomic mass is 19.2. The number of aliphatic hydroxyl groups is 2. The van der Waals surface area contributed by atoms with E-state index in [9.17, 15) is 28.9 Å². The van der Waals surface area contributed by atoms with Gasteiger partial charge < -0.3 is 24.8 Å². The molecule has 2 aliphatic rings. The van der Waals surface area contributed by atoms with Crippen LogP contribution in [0.15, 0.2) is 30.4 Å². The van der Waals surface area contributed by atoms with Gasteiger partial charge >= 0.3 is 5.97 Å². The number of aliphatic hydroxyl groups excluding tert-OH is 2. The Labute approximate surface area is 199 Å². The summed E-state index contributed by atoms with van der Waals surface area (Å²) in [7, 11) is 0. The molecular weight excluding hydrogens is 446 g/mol. The molecule has 0 aromatic heterocycles. The molecule has 0 spiro atoms. The topological polar surface area (TPSA) is 96.2 Å². The first-order chi connectivity index (χ1) is 16.3. The molecule has 34 heavy (non-hydrogen) atoms. The van der Waals surface area contributed by atoms with Crippen molar-refractivity contribution in [1.82, 2.24) is 0 Å². The van der Waals surface area contributed by atoms with E-state index >= 15 is 0 Å². The van der Waals surface area contributed by atoms with Gasteiger partial charge in [-0.1, -0.05) is 31.6 Å². The van der Waals surface area contributed by atoms with Crippen LogP contribution < -0.4 is 4.74 Å². The number of halogens is 2. The quantitative estimate of drug-likeness (QED) is 0.406. The van der Waals surface area contributed by atoms with Crippen LogP contribution in [0.2, 0.25) is 0 Å². The van der Waals surface area contributed by atoms with Gasteiger partial charge in [-0.25, -0.2) is 4.39 Å². The van der Waals surface area contributed by atoms with Crippen molar-refractivity contribution < 1.29 is 38.4 Å². The van der Waals surface area contributed by atoms with E-state index in [2.05, 4.69) is 0 Å². The Bertz CT molecular complexity index is 832. The van der Waals surface area contributed by atoms with Crippen molar-refractivity contribution in [2.75, 3.05) is 13.2 Å². The molecule has 6 nitrogen and oxygen atoms in total. The first-order valence-electron chi connectivity index (χ1n) is 12.3. The first kappa shape index (κ1) is 26.6. The smallest absolute Gasteiger partial charge is 0.306 e. The minimum atomic E-state index is -1.10. The van der Waals surface area contributed by atoms with Gasteiger partial charge in [-0.3, -0.25) is 4.79 Å². The second-order valence-electron chi connectivity index (χ2n) is 9.58. The number of carbonyl (C=O) groups is 1. The first-order valence-corrected chi connectivity index (χ1v) is 12.3. The van der Waals surface area contributed by atoms with Crippen molar-refractivity contribution in [2.45, 2.75) is 70.2 Å². The number of hydrogen-bond donors (Lipinski definition) is 3. The summed E-state index contributed by atoms with van der Waals surface area (Å²) in [6.07, 6.45) is 6.87. The van der Waals surface area contributed by atoms with E-state index in [4.69, 9.17) is 9.47 Å². The van der Waals surface area contributed by atoms with Crippen molar-refractivity contribution in [3.8, 4) is 5.75 Å². The lowest BCUT2D eigenvalue weighted by Crippen LogP contribution is -2.22. The molecule has 8 heteroatoms. The largest absolute Gasteiger partial charge is 0.487 e. The summed E-state index contributed by atoms with van der Waals surface area (Å²) >= 11 is 0. The van der Waals surface area contributed by atoms with Gasteiger partial charge in [0.15, 0.2) is 11.6 Å². The van der Waals surface area contributed by atoms with E-state index in [0.29, 0.717) is 31.8 Å². The molecule has 1 heterocycles. The van der Waals surface area contributed by atoms with Gasteiger partial charge in [0.05, 0.1) is 18.1 Å². The average molecular weight is 483 g/mol. The van der Waals surface area contributed by atoms with Gasteiger partial charge in [0.25, 0.3) is 0 Å². The SMILES string of the molecule is CCCC(CC[C@@H]1CC[C@@H]2[C@@H](/C=C/[C@@H](O)COc3cccc(F)c3F)[C@H](O)C[C@@H]2OC1)C(=O)O. The molecule has 0 bridgehead atoms. The third-order valence-corrected chi connectivity index (χ3v) is 7.14. The predicted molar refractivity (Wildman–Crippen MR) is 122 cm³/mol. The summed E-state index contributed by atoms with van der Waals surface area (Å²) in [5, 5.41) is 30.2. The number of benzene rings is 1. The average Bonchev–Trinajstić information content (AvgIpc) is 2.96. The molecule has 1 aromatic rings. The van der Waals surface area contributed by atoms with Crippen LogP contribution in [0.25, 0.3) is 0 Å². The third kappa shape index (κ3) is 6.99. The minimum absolute atomic E-state index is 0.0738. The fourth-order valence-corrected chi connectivity index (χ4v) is 5.20. The molecule has 1 aliphatic heterocycles. The monoisotopic (exact) mass is 482 g/mol. The van der Waals surface area contributed by atoms with Crippen LogP contribution in [0.4, 0.5) is 8.78 Å². The zero-order chi connectivity index (χ0) is 24.7. The highest BCUT2D eigenvalue weighted by Gasteiger charge is 2.43. The van der Waals surface area contributed by atoms with Crippen molar-refractivity contribution in [3.63, 3.8) is 0 Å². The number of aliphatic carboxylic acids is 1. The van der Waals surface area contributed by atoms with Crippen molar-refractivity contribution in [3.05, 3.63) is 42.0 Å². The summed E-state index contributed by atoms with van der Waals surface area (Å²) in [6, 6.07) is 3.61. The molecule has 0 radical (unpaired) electrons. The molecule has 3 rings (SSSR count). The lowest BCUT2D eigenvalue weighted by Gasteiger charge is -2.21. The van der Waals surface area contributed by atoms with Crippen molar-refractivity contribution >= 4 is 5.97 Å². The fraction of sp³-hybridized carbons (Fsp3) is 0.654. The Hall–Kier alpha value is -2.03. The normalized spacial score (nSPS) is 28.9. The standard InChI is InChI=1S/C26H36F2O6/c1-2-4-17(26(31)32)9-7-16-8-11-20-19(22(30)13-24(20)33-14-16)12-10-18(29)15-34-23-6-3-5-21(27)25(23)28/h3,5-6,10,12,16-20,22,24,29-30H,2,4,7-9,11,13-15H2,1H3,(H,31,32)/b12-10+/t16-,17?,18-,19-,20-,22-,24+/m1/s1. The van der Waals surface area contributed by atoms with Crippen LogP contribution in [0.3, 0.4) is 0 Å². The molecule has 0 amide bonds. The summed E-state index contributed by atoms with van der Waals surface area (Å²) in [5.41, 5.74) is 0. The van der Waals surface area contributed by atoms with Crippen molar-refractivity contribution in [1.29, 1.82) is 0 Å². The summed E-state index contributed by atoms with van der Waals surface area (Å²) in [6.45, 7) is 2.32. The van der Waals surface area contributed by atoms with Crippen molar-refractivity contribution in [2.24, 2.45) is 23.7 Å². The van der Waals surface area contributed by atoms with Crippen LogP contribution in [0.1, 0.15) is 51.9 Å². The maximum Gasteiger partial charge on any atom is 0.306 e. The Kier molecular flexibility index (Phi) is 9.85. The van der Waals surface area contributed by atoms with Crippen LogP contribution in [0.5, 0.6) is 5.75 Å². The maximum atomic E-state index is 13.7. The number of rotatable bonds is 11. The molecule has 1 saturated carbocycles. The Morgan fingerprint density at radius 2 is 2.09 bits per heavy atom. The van der Waals surface area contributed by atoms with Gasteiger partial charge in [-0.05, 0) is 56.1 Å².